The highest BCUT2D eigenvalue weighted by molar-refractivity contribution is 5.46. The van der Waals surface area contributed by atoms with E-state index in [0.29, 0.717) is 0 Å². The molecule has 1 aliphatic rings. The molecule has 1 aliphatic heterocycles. The van der Waals surface area contributed by atoms with Crippen molar-refractivity contribution in [2.24, 2.45) is 5.73 Å². The van der Waals surface area contributed by atoms with Gasteiger partial charge in [0.15, 0.2) is 0 Å². The first kappa shape index (κ1) is 13.3. The molecule has 100 valence electrons. The summed E-state index contributed by atoms with van der Waals surface area (Å²) in [5.74, 6) is -0.178. The Morgan fingerprint density at radius 3 is 2.17 bits per heavy atom. The van der Waals surface area contributed by atoms with E-state index < -0.39 is 0 Å². The third-order valence-electron chi connectivity index (χ3n) is 3.20. The monoisotopic (exact) mass is 251 g/mol. The average molecular weight is 251 g/mol. The standard InChI is InChI=1S/C14H22FN3/c1-14(2,16)11-17-7-9-18(10-8-17)13-5-3-12(15)4-6-13/h3-6H,7-11,16H2,1-2H3. The first-order chi connectivity index (χ1) is 8.44. The third kappa shape index (κ3) is 3.68. The topological polar surface area (TPSA) is 32.5 Å². The molecule has 0 radical (unpaired) electrons. The first-order valence-corrected chi connectivity index (χ1v) is 6.46. The molecular formula is C14H22FN3. The largest absolute Gasteiger partial charge is 0.369 e. The van der Waals surface area contributed by atoms with Crippen LogP contribution in [0, 0.1) is 5.82 Å². The summed E-state index contributed by atoms with van der Waals surface area (Å²) in [7, 11) is 0. The van der Waals surface area contributed by atoms with E-state index in [0.717, 1.165) is 38.4 Å². The number of hydrogen-bond acceptors (Lipinski definition) is 3. The van der Waals surface area contributed by atoms with Gasteiger partial charge in [0.2, 0.25) is 0 Å². The highest BCUT2D eigenvalue weighted by Crippen LogP contribution is 2.17. The van der Waals surface area contributed by atoms with E-state index in [1.807, 2.05) is 12.1 Å². The van der Waals surface area contributed by atoms with Crippen molar-refractivity contribution >= 4 is 5.69 Å². The second-order valence-corrected chi connectivity index (χ2v) is 5.73. The van der Waals surface area contributed by atoms with Gasteiger partial charge in [-0.15, -0.1) is 0 Å². The quantitative estimate of drug-likeness (QED) is 0.887. The summed E-state index contributed by atoms with van der Waals surface area (Å²) in [6.07, 6.45) is 0. The second kappa shape index (κ2) is 5.24. The number of nitrogens with two attached hydrogens (primary N) is 1. The molecule has 0 aromatic heterocycles. The lowest BCUT2D eigenvalue weighted by Crippen LogP contribution is -2.53. The molecule has 1 fully saturated rings. The number of halogens is 1. The molecule has 4 heteroatoms. The Morgan fingerprint density at radius 2 is 1.67 bits per heavy atom. The maximum absolute atomic E-state index is 12.9. The van der Waals surface area contributed by atoms with Crippen LogP contribution in [0.4, 0.5) is 10.1 Å². The maximum Gasteiger partial charge on any atom is 0.123 e. The molecule has 0 saturated carbocycles. The average Bonchev–Trinajstić information content (AvgIpc) is 2.29. The van der Waals surface area contributed by atoms with Crippen molar-refractivity contribution in [3.8, 4) is 0 Å². The molecule has 1 saturated heterocycles. The Labute approximate surface area is 108 Å². The van der Waals surface area contributed by atoms with E-state index in [-0.39, 0.29) is 11.4 Å². The number of benzene rings is 1. The van der Waals surface area contributed by atoms with Crippen LogP contribution in [-0.4, -0.2) is 43.2 Å². The Hall–Kier alpha value is -1.13. The smallest absolute Gasteiger partial charge is 0.123 e. The van der Waals surface area contributed by atoms with Crippen LogP contribution >= 0.6 is 0 Å². The van der Waals surface area contributed by atoms with E-state index in [2.05, 4.69) is 23.6 Å². The zero-order chi connectivity index (χ0) is 13.2. The fraction of sp³-hybridized carbons (Fsp3) is 0.571. The molecule has 18 heavy (non-hydrogen) atoms. The lowest BCUT2D eigenvalue weighted by atomic mass is 10.1. The van der Waals surface area contributed by atoms with Crippen LogP contribution in [0.2, 0.25) is 0 Å². The molecule has 3 nitrogen and oxygen atoms in total. The van der Waals surface area contributed by atoms with Crippen LogP contribution in [0.1, 0.15) is 13.8 Å². The fourth-order valence-corrected chi connectivity index (χ4v) is 2.39. The minimum Gasteiger partial charge on any atom is -0.369 e. The van der Waals surface area contributed by atoms with E-state index in [1.54, 1.807) is 0 Å². The van der Waals surface area contributed by atoms with Gasteiger partial charge >= 0.3 is 0 Å². The number of piperazine rings is 1. The van der Waals surface area contributed by atoms with Gasteiger partial charge in [-0.3, -0.25) is 4.90 Å². The van der Waals surface area contributed by atoms with Gasteiger partial charge in [-0.2, -0.15) is 0 Å². The Bertz CT molecular complexity index is 375. The fourth-order valence-electron chi connectivity index (χ4n) is 2.39. The zero-order valence-electron chi connectivity index (χ0n) is 11.2. The summed E-state index contributed by atoms with van der Waals surface area (Å²) in [6, 6.07) is 6.73. The van der Waals surface area contributed by atoms with Crippen LogP contribution in [0.3, 0.4) is 0 Å². The molecule has 0 aliphatic carbocycles. The van der Waals surface area contributed by atoms with Gasteiger partial charge in [-0.1, -0.05) is 0 Å². The molecule has 0 unspecified atom stereocenters. The van der Waals surface area contributed by atoms with Gasteiger partial charge in [-0.05, 0) is 38.1 Å². The van der Waals surface area contributed by atoms with Crippen molar-refractivity contribution in [1.82, 2.24) is 4.90 Å². The Balaban J connectivity index is 1.88. The van der Waals surface area contributed by atoms with Crippen LogP contribution in [0.5, 0.6) is 0 Å². The summed E-state index contributed by atoms with van der Waals surface area (Å²) in [5, 5.41) is 0. The van der Waals surface area contributed by atoms with Gasteiger partial charge < -0.3 is 10.6 Å². The molecule has 2 N–H and O–H groups in total. The summed E-state index contributed by atoms with van der Waals surface area (Å²) in [4.78, 5) is 4.68. The van der Waals surface area contributed by atoms with Crippen LogP contribution in [0.25, 0.3) is 0 Å². The number of rotatable bonds is 3. The van der Waals surface area contributed by atoms with E-state index in [4.69, 9.17) is 5.73 Å². The molecular weight excluding hydrogens is 229 g/mol. The second-order valence-electron chi connectivity index (χ2n) is 5.73. The highest BCUT2D eigenvalue weighted by atomic mass is 19.1. The highest BCUT2D eigenvalue weighted by Gasteiger charge is 2.21. The van der Waals surface area contributed by atoms with Crippen molar-refractivity contribution in [2.75, 3.05) is 37.6 Å². The van der Waals surface area contributed by atoms with Gasteiger partial charge in [-0.25, -0.2) is 4.39 Å². The number of hydrogen-bond donors (Lipinski definition) is 1. The third-order valence-corrected chi connectivity index (χ3v) is 3.20. The molecule has 2 rings (SSSR count). The van der Waals surface area contributed by atoms with Crippen molar-refractivity contribution in [3.05, 3.63) is 30.1 Å². The molecule has 0 amide bonds. The molecule has 1 aromatic rings. The lowest BCUT2D eigenvalue weighted by molar-refractivity contribution is 0.214. The zero-order valence-corrected chi connectivity index (χ0v) is 11.2. The van der Waals surface area contributed by atoms with Crippen LogP contribution in [-0.2, 0) is 0 Å². The number of anilines is 1. The number of nitrogens with zero attached hydrogens (tertiary/aromatic N) is 2. The molecule has 1 aromatic carbocycles. The van der Waals surface area contributed by atoms with Crippen molar-refractivity contribution in [2.45, 2.75) is 19.4 Å². The predicted molar refractivity (Wildman–Crippen MR) is 73.3 cm³/mol. The molecule has 1 heterocycles. The van der Waals surface area contributed by atoms with Crippen LogP contribution in [0.15, 0.2) is 24.3 Å². The Kier molecular flexibility index (Phi) is 3.88. The predicted octanol–water partition coefficient (Wildman–Crippen LogP) is 1.68. The minimum absolute atomic E-state index is 0.141. The van der Waals surface area contributed by atoms with E-state index >= 15 is 0 Å². The van der Waals surface area contributed by atoms with Gasteiger partial charge in [0, 0.05) is 44.0 Å². The summed E-state index contributed by atoms with van der Waals surface area (Å²) >= 11 is 0. The lowest BCUT2D eigenvalue weighted by Gasteiger charge is -2.38. The van der Waals surface area contributed by atoms with Crippen molar-refractivity contribution in [3.63, 3.8) is 0 Å². The summed E-state index contributed by atoms with van der Waals surface area (Å²) in [6.45, 7) is 9.00. The molecule has 0 spiro atoms. The van der Waals surface area contributed by atoms with Gasteiger partial charge in [0.1, 0.15) is 5.82 Å². The van der Waals surface area contributed by atoms with E-state index in [9.17, 15) is 4.39 Å². The van der Waals surface area contributed by atoms with Gasteiger partial charge in [0.05, 0.1) is 0 Å². The van der Waals surface area contributed by atoms with Crippen molar-refractivity contribution < 1.29 is 4.39 Å². The molecule has 0 bridgehead atoms. The SMILES string of the molecule is CC(C)(N)CN1CCN(c2ccc(F)cc2)CC1. The Morgan fingerprint density at radius 1 is 1.11 bits per heavy atom. The van der Waals surface area contributed by atoms with Gasteiger partial charge in [0.25, 0.3) is 0 Å². The maximum atomic E-state index is 12.9. The van der Waals surface area contributed by atoms with E-state index in [1.165, 1.54) is 12.1 Å². The minimum atomic E-state index is -0.178. The first-order valence-electron chi connectivity index (χ1n) is 6.46. The molecule has 0 atom stereocenters. The van der Waals surface area contributed by atoms with Crippen molar-refractivity contribution in [1.29, 1.82) is 0 Å². The summed E-state index contributed by atoms with van der Waals surface area (Å²) < 4.78 is 12.9. The normalized spacial score (nSPS) is 18.1. The summed E-state index contributed by atoms with van der Waals surface area (Å²) in [5.41, 5.74) is 6.99. The van der Waals surface area contributed by atoms with Crippen LogP contribution < -0.4 is 10.6 Å².